The van der Waals surface area contributed by atoms with Gasteiger partial charge in [0.15, 0.2) is 10.1 Å². The molecule has 0 unspecified atom stereocenters. The van der Waals surface area contributed by atoms with Crippen LogP contribution < -0.4 is 0 Å². The number of aryl methyl sites for hydroxylation is 2. The largest absolute Gasteiger partial charge is 1.00 e. The number of fused-ring (bicyclic) bond motifs is 3. The summed E-state index contributed by atoms with van der Waals surface area (Å²) in [5.74, 6) is 1.11. The molecule has 0 radical (unpaired) electrons. The zero-order valence-corrected chi connectivity index (χ0v) is 37.6. The van der Waals surface area contributed by atoms with Crippen LogP contribution in [0.4, 0.5) is 13.2 Å². The first-order valence-electron chi connectivity index (χ1n) is 18.1. The van der Waals surface area contributed by atoms with E-state index in [1.165, 1.54) is 8.61 Å². The minimum atomic E-state index is -6.09. The van der Waals surface area contributed by atoms with E-state index in [1.54, 1.807) is 60.7 Å². The summed E-state index contributed by atoms with van der Waals surface area (Å²) in [4.78, 5) is 7.42. The zero-order chi connectivity index (χ0) is 43.6. The molecule has 2 heterocycles. The number of sulfonamides is 2. The maximum Gasteiger partial charge on any atom is 1.00 e. The number of pyridine rings is 1. The fourth-order valence-corrected chi connectivity index (χ4v) is 8.95. The number of hydrogen-bond donors (Lipinski definition) is 0. The minimum absolute atomic E-state index is 0. The van der Waals surface area contributed by atoms with Crippen LogP contribution in [-0.4, -0.2) is 91.7 Å². The van der Waals surface area contributed by atoms with Crippen LogP contribution in [0.25, 0.3) is 10.8 Å². The predicted octanol–water partition coefficient (Wildman–Crippen LogP) is 7.82. The van der Waals surface area contributed by atoms with Gasteiger partial charge < -0.3 is 4.55 Å². The molecule has 0 spiro atoms. The van der Waals surface area contributed by atoms with Crippen molar-refractivity contribution in [2.75, 3.05) is 37.9 Å². The molecule has 5 aromatic rings. The molecule has 11 nitrogen and oxygen atoms in total. The van der Waals surface area contributed by atoms with Gasteiger partial charge in [-0.1, -0.05) is 83.9 Å². The van der Waals surface area contributed by atoms with Gasteiger partial charge in [0.05, 0.1) is 34.3 Å². The van der Waals surface area contributed by atoms with Gasteiger partial charge in [-0.3, -0.25) is 9.88 Å². The predicted molar refractivity (Wildman–Crippen MR) is 223 cm³/mol. The molecule has 0 aliphatic carbocycles. The van der Waals surface area contributed by atoms with Gasteiger partial charge in [0.1, 0.15) is 0 Å². The Morgan fingerprint density at radius 2 is 1.05 bits per heavy atom. The molecular weight excluding hydrogens is 936 g/mol. The van der Waals surface area contributed by atoms with Crippen LogP contribution in [0.15, 0.2) is 119 Å². The minimum Gasteiger partial charge on any atom is -0.741 e. The summed E-state index contributed by atoms with van der Waals surface area (Å²) in [6, 6.07) is 33.5. The quantitative estimate of drug-likeness (QED) is 0.0689. The molecule has 60 heavy (non-hydrogen) atoms. The Bertz CT molecular complexity index is 2390. The number of halogens is 5. The van der Waals surface area contributed by atoms with Crippen molar-refractivity contribution in [1.29, 1.82) is 0 Å². The fourth-order valence-electron chi connectivity index (χ4n) is 6.14. The van der Waals surface area contributed by atoms with Gasteiger partial charge in [-0.15, -0.1) is 23.2 Å². The third-order valence-electron chi connectivity index (χ3n) is 9.31. The molecule has 0 fully saturated rings. The van der Waals surface area contributed by atoms with E-state index in [9.17, 15) is 30.0 Å². The van der Waals surface area contributed by atoms with E-state index in [4.69, 9.17) is 41.2 Å². The summed E-state index contributed by atoms with van der Waals surface area (Å²) < 4.78 is 118. The number of hydrogen-bond acceptors (Lipinski definition) is 9. The second kappa shape index (κ2) is 22.3. The van der Waals surface area contributed by atoms with Gasteiger partial charge in [0.25, 0.3) is 0 Å². The van der Waals surface area contributed by atoms with Crippen molar-refractivity contribution in [1.82, 2.24) is 18.5 Å². The third-order valence-corrected chi connectivity index (χ3v) is 14.2. The molecule has 0 amide bonds. The van der Waals surface area contributed by atoms with Gasteiger partial charge >= 0.3 is 22.6 Å². The maximum atomic E-state index is 14.1. The Kier molecular flexibility index (Phi) is 19.0. The van der Waals surface area contributed by atoms with Gasteiger partial charge in [0, 0.05) is 44.0 Å². The molecule has 1 aliphatic rings. The Labute approximate surface area is 370 Å². The second-order valence-corrected chi connectivity index (χ2v) is 19.5. The van der Waals surface area contributed by atoms with Gasteiger partial charge in [-0.2, -0.15) is 21.8 Å². The van der Waals surface area contributed by atoms with Crippen LogP contribution in [0.3, 0.4) is 0 Å². The van der Waals surface area contributed by atoms with Crippen molar-refractivity contribution < 1.29 is 60.0 Å². The van der Waals surface area contributed by atoms with E-state index in [-0.39, 0.29) is 59.1 Å². The molecular formula is C40H44Cl2CuF3N4O7S3. The Morgan fingerprint density at radius 1 is 0.650 bits per heavy atom. The summed E-state index contributed by atoms with van der Waals surface area (Å²) >= 11 is 10.1. The molecule has 0 N–H and O–H groups in total. The number of alkyl halides is 5. The van der Waals surface area contributed by atoms with Crippen molar-refractivity contribution >= 4 is 64.1 Å². The van der Waals surface area contributed by atoms with Crippen molar-refractivity contribution in [3.8, 4) is 0 Å². The molecule has 20 heteroatoms. The van der Waals surface area contributed by atoms with Crippen LogP contribution in [0.2, 0.25) is 0 Å². The first-order valence-corrected chi connectivity index (χ1v) is 23.5. The van der Waals surface area contributed by atoms with Crippen molar-refractivity contribution in [3.63, 3.8) is 0 Å². The van der Waals surface area contributed by atoms with Crippen LogP contribution in [-0.2, 0) is 60.3 Å². The van der Waals surface area contributed by atoms with E-state index in [1.807, 2.05) is 38.1 Å². The molecule has 1 aromatic heterocycles. The van der Waals surface area contributed by atoms with E-state index in [0.717, 1.165) is 27.5 Å². The Morgan fingerprint density at radius 3 is 1.47 bits per heavy atom. The van der Waals surface area contributed by atoms with Crippen LogP contribution >= 0.6 is 23.2 Å². The molecule has 0 saturated heterocycles. The summed E-state index contributed by atoms with van der Waals surface area (Å²) in [5.41, 5.74) is -1.48. The van der Waals surface area contributed by atoms with Crippen molar-refractivity contribution in [2.24, 2.45) is 0 Å². The summed E-state index contributed by atoms with van der Waals surface area (Å²) in [5, 5.41) is 2.23. The molecule has 330 valence electrons. The third kappa shape index (κ3) is 13.7. The van der Waals surface area contributed by atoms with E-state index in [0.29, 0.717) is 36.2 Å². The fraction of sp³-hybridized carbons (Fsp3) is 0.325. The summed E-state index contributed by atoms with van der Waals surface area (Å²) in [6.07, 6.45) is 0. The summed E-state index contributed by atoms with van der Waals surface area (Å²) in [7, 11) is -13.8. The molecule has 6 rings (SSSR count). The van der Waals surface area contributed by atoms with Crippen molar-refractivity contribution in [3.05, 3.63) is 137 Å². The normalized spacial score (nSPS) is 15.5. The van der Waals surface area contributed by atoms with Crippen LogP contribution in [0.1, 0.15) is 41.0 Å². The van der Waals surface area contributed by atoms with Crippen molar-refractivity contribution in [2.45, 2.75) is 55.2 Å². The molecule has 1 aliphatic heterocycles. The summed E-state index contributed by atoms with van der Waals surface area (Å²) in [6.45, 7) is 7.24. The zero-order valence-electron chi connectivity index (χ0n) is 32.7. The van der Waals surface area contributed by atoms with Crippen LogP contribution in [0, 0.1) is 13.8 Å². The first kappa shape index (κ1) is 51.2. The molecule has 1 atom stereocenters. The van der Waals surface area contributed by atoms with Gasteiger partial charge in [-0.25, -0.2) is 25.3 Å². The molecule has 2 bridgehead atoms. The monoisotopic (exact) mass is 978 g/mol. The van der Waals surface area contributed by atoms with Crippen LogP contribution in [0.5, 0.6) is 0 Å². The first-order chi connectivity index (χ1) is 27.7. The number of nitrogens with zero attached hydrogens (tertiary/aromatic N) is 4. The second-order valence-electron chi connectivity index (χ2n) is 13.5. The maximum absolute atomic E-state index is 14.1. The number of benzene rings is 4. The average molecular weight is 980 g/mol. The SMILES string of the molecule is Cc1ccc(S(=O)(=O)N2CCN([C@H](C)c3cccc4ccccc34)CCN(S(=O)(=O)c3ccc(C)cc3)Cc3cccc(n3)C2)cc1.ClCCCl.O=S(=O)([O-])C(F)(F)F.[Cu+]. The van der Waals surface area contributed by atoms with E-state index < -0.39 is 35.7 Å². The Balaban J connectivity index is 0.000000649. The Hall–Kier alpha value is -3.13. The van der Waals surface area contributed by atoms with Gasteiger partial charge in [-0.05, 0) is 73.5 Å². The smallest absolute Gasteiger partial charge is 0.741 e. The van der Waals surface area contributed by atoms with E-state index in [2.05, 4.69) is 36.1 Å². The topological polar surface area (TPSA) is 148 Å². The average Bonchev–Trinajstić information content (AvgIpc) is 3.19. The molecule has 0 saturated carbocycles. The number of aromatic nitrogens is 1. The number of rotatable bonds is 7. The molecule has 4 aromatic carbocycles. The van der Waals surface area contributed by atoms with E-state index >= 15 is 0 Å². The van der Waals surface area contributed by atoms with Gasteiger partial charge in [0.2, 0.25) is 20.0 Å². The standard InChI is InChI=1S/C37H40N4O4S2.C2H4Cl2.CHF3O3S.Cu/c1-28-14-18-34(19-15-28)46(42,43)40-24-22-39(30(3)36-13-6-9-31-8-4-5-12-37(31)36)23-25-41(27-33-11-7-10-32(26-40)38-33)47(44,45)35-20-16-29(2)17-21-35;3-1-2-4;2-1(3,4)8(5,6)7;/h4-21,30H,22-27H2,1-3H3;1-2H2;(H,5,6,7);/q;;;+1/p-1/t30-;;;/m1.../s1.